The molecule has 200 valence electrons. The van der Waals surface area contributed by atoms with Gasteiger partial charge in [-0.15, -0.1) is 0 Å². The zero-order chi connectivity index (χ0) is 27.3. The standard InChI is InChI=1S/C27H21Cl2N3O7/c1-38-24-13(8-33)39-27(23(35)22(24)34)32-20-10(5-3-7-12(20)29)15-17-16(25(36)31-26(17)37)14-9-4-2-6-11(28)18(9)30-19(14)21(15)32/h2-7,13,22-24,27,30,33-35H,8H2,1H3,(H,31,36,37)/t13-,22+,23-,24-,27-/m1/s1. The predicted octanol–water partition coefficient (Wildman–Crippen LogP) is 3.25. The normalized spacial score (nSPS) is 25.3. The second-order valence-corrected chi connectivity index (χ2v) is 10.5. The van der Waals surface area contributed by atoms with Crippen molar-refractivity contribution in [1.82, 2.24) is 14.9 Å². The van der Waals surface area contributed by atoms with Crippen LogP contribution in [0.2, 0.25) is 10.0 Å². The molecule has 2 aromatic heterocycles. The minimum Gasteiger partial charge on any atom is -0.394 e. The van der Waals surface area contributed by atoms with Crippen LogP contribution in [0.4, 0.5) is 0 Å². The lowest BCUT2D eigenvalue weighted by Crippen LogP contribution is -2.57. The summed E-state index contributed by atoms with van der Waals surface area (Å²) in [5.74, 6) is -1.12. The second kappa shape index (κ2) is 8.64. The van der Waals surface area contributed by atoms with Crippen LogP contribution in [-0.2, 0) is 9.47 Å². The number of nitrogens with zero attached hydrogens (tertiary/aromatic N) is 1. The van der Waals surface area contributed by atoms with E-state index in [4.69, 9.17) is 32.7 Å². The highest BCUT2D eigenvalue weighted by atomic mass is 35.5. The number of benzene rings is 3. The Morgan fingerprint density at radius 1 is 0.923 bits per heavy atom. The van der Waals surface area contributed by atoms with Crippen molar-refractivity contribution in [3.05, 3.63) is 57.6 Å². The zero-order valence-electron chi connectivity index (χ0n) is 20.2. The molecule has 1 saturated heterocycles. The Labute approximate surface area is 229 Å². The lowest BCUT2D eigenvalue weighted by Gasteiger charge is -2.42. The van der Waals surface area contributed by atoms with Crippen LogP contribution in [0.25, 0.3) is 43.6 Å². The SMILES string of the molecule is CO[C@H]1[C@@H](O)[C@@H](O)[C@H](n2c3c(Cl)cccc3c3c4c(c5c6cccc(Cl)c6[nH]c5c32)C(=O)NC4=O)O[C@@H]1CO. The van der Waals surface area contributed by atoms with Crippen LogP contribution in [0, 0.1) is 0 Å². The first-order valence-corrected chi connectivity index (χ1v) is 12.9. The second-order valence-electron chi connectivity index (χ2n) is 9.73. The molecular weight excluding hydrogens is 549 g/mol. The lowest BCUT2D eigenvalue weighted by molar-refractivity contribution is -0.255. The van der Waals surface area contributed by atoms with Crippen LogP contribution in [0.3, 0.4) is 0 Å². The van der Waals surface area contributed by atoms with Crippen molar-refractivity contribution in [2.24, 2.45) is 0 Å². The molecule has 0 aliphatic carbocycles. The summed E-state index contributed by atoms with van der Waals surface area (Å²) < 4.78 is 13.1. The van der Waals surface area contributed by atoms with Crippen LogP contribution < -0.4 is 5.32 Å². The third kappa shape index (κ3) is 3.16. The summed E-state index contributed by atoms with van der Waals surface area (Å²) in [5.41, 5.74) is 2.19. The van der Waals surface area contributed by atoms with Gasteiger partial charge in [0.15, 0.2) is 6.23 Å². The number of amides is 2. The topological polar surface area (TPSA) is 146 Å². The number of rotatable bonds is 3. The first kappa shape index (κ1) is 24.8. The molecule has 3 aromatic carbocycles. The quantitative estimate of drug-likeness (QED) is 0.210. The fraction of sp³-hybridized carbons (Fsp3) is 0.259. The van der Waals surface area contributed by atoms with Crippen LogP contribution in [-0.4, -0.2) is 74.8 Å². The van der Waals surface area contributed by atoms with E-state index in [1.807, 2.05) is 0 Å². The molecule has 0 spiro atoms. The number of hydrogen-bond acceptors (Lipinski definition) is 7. The molecule has 0 radical (unpaired) electrons. The third-order valence-corrected chi connectivity index (χ3v) is 8.41. The van der Waals surface area contributed by atoms with Gasteiger partial charge in [0.1, 0.15) is 24.4 Å². The maximum absolute atomic E-state index is 13.3. The number of nitrogens with one attached hydrogen (secondary N) is 2. The van der Waals surface area contributed by atoms with E-state index in [9.17, 15) is 24.9 Å². The van der Waals surface area contributed by atoms with Gasteiger partial charge in [-0.25, -0.2) is 0 Å². The zero-order valence-corrected chi connectivity index (χ0v) is 21.7. The first-order valence-electron chi connectivity index (χ1n) is 12.2. The van der Waals surface area contributed by atoms with E-state index in [2.05, 4.69) is 10.3 Å². The molecule has 7 rings (SSSR count). The predicted molar refractivity (Wildman–Crippen MR) is 144 cm³/mol. The average molecular weight is 570 g/mol. The van der Waals surface area contributed by atoms with Crippen molar-refractivity contribution in [2.75, 3.05) is 13.7 Å². The Morgan fingerprint density at radius 2 is 1.59 bits per heavy atom. The summed E-state index contributed by atoms with van der Waals surface area (Å²) in [6.07, 6.45) is -6.18. The Balaban J connectivity index is 1.71. The molecule has 5 aromatic rings. The number of halogens is 2. The van der Waals surface area contributed by atoms with E-state index in [0.717, 1.165) is 0 Å². The number of aromatic amines is 1. The summed E-state index contributed by atoms with van der Waals surface area (Å²) >= 11 is 13.3. The summed E-state index contributed by atoms with van der Waals surface area (Å²) in [6.45, 7) is -0.493. The van der Waals surface area contributed by atoms with E-state index in [-0.39, 0.29) is 16.1 Å². The number of hydrogen-bond donors (Lipinski definition) is 5. The molecule has 2 aliphatic rings. The Hall–Kier alpha value is -3.22. The average Bonchev–Trinajstić information content (AvgIpc) is 3.56. The molecule has 5 atom stereocenters. The van der Waals surface area contributed by atoms with Gasteiger partial charge in [0, 0.05) is 28.7 Å². The van der Waals surface area contributed by atoms with Gasteiger partial charge in [0.2, 0.25) is 0 Å². The highest BCUT2D eigenvalue weighted by molar-refractivity contribution is 6.43. The Bertz CT molecular complexity index is 1880. The molecule has 2 aliphatic heterocycles. The van der Waals surface area contributed by atoms with Crippen molar-refractivity contribution >= 4 is 78.6 Å². The van der Waals surface area contributed by atoms with E-state index in [0.29, 0.717) is 48.6 Å². The number of aromatic nitrogens is 2. The third-order valence-electron chi connectivity index (χ3n) is 7.79. The molecule has 0 unspecified atom stereocenters. The molecule has 0 saturated carbocycles. The molecule has 4 heterocycles. The summed E-state index contributed by atoms with van der Waals surface area (Å²) in [6, 6.07) is 10.4. The molecule has 2 amide bonds. The van der Waals surface area contributed by atoms with Crippen molar-refractivity contribution < 1.29 is 34.4 Å². The molecule has 0 bridgehead atoms. The van der Waals surface area contributed by atoms with E-state index >= 15 is 0 Å². The molecule has 39 heavy (non-hydrogen) atoms. The van der Waals surface area contributed by atoms with E-state index in [1.54, 1.807) is 41.0 Å². The van der Waals surface area contributed by atoms with Crippen LogP contribution in [0.5, 0.6) is 0 Å². The number of fused-ring (bicyclic) bond motifs is 10. The van der Waals surface area contributed by atoms with Gasteiger partial charge in [-0.1, -0.05) is 47.5 Å². The lowest BCUT2D eigenvalue weighted by atomic mass is 9.96. The van der Waals surface area contributed by atoms with Gasteiger partial charge >= 0.3 is 0 Å². The number of imide groups is 1. The van der Waals surface area contributed by atoms with Gasteiger partial charge in [-0.3, -0.25) is 14.9 Å². The van der Waals surface area contributed by atoms with Gasteiger partial charge in [0.25, 0.3) is 11.8 Å². The number of carbonyl (C=O) groups is 2. The highest BCUT2D eigenvalue weighted by Crippen LogP contribution is 2.48. The van der Waals surface area contributed by atoms with Crippen LogP contribution in [0.1, 0.15) is 26.9 Å². The van der Waals surface area contributed by atoms with Crippen molar-refractivity contribution in [2.45, 2.75) is 30.6 Å². The Kier molecular flexibility index (Phi) is 5.49. The van der Waals surface area contributed by atoms with Crippen molar-refractivity contribution in [1.29, 1.82) is 0 Å². The van der Waals surface area contributed by atoms with Gasteiger partial charge in [0.05, 0.1) is 49.8 Å². The van der Waals surface area contributed by atoms with Crippen molar-refractivity contribution in [3.8, 4) is 0 Å². The van der Waals surface area contributed by atoms with Crippen LogP contribution in [0.15, 0.2) is 36.4 Å². The van der Waals surface area contributed by atoms with Crippen LogP contribution >= 0.6 is 23.2 Å². The number of carbonyl (C=O) groups excluding carboxylic acids is 2. The molecular formula is C27H21Cl2N3O7. The summed E-state index contributed by atoms with van der Waals surface area (Å²) in [5, 5.41) is 37.5. The Morgan fingerprint density at radius 3 is 2.28 bits per heavy atom. The molecule has 1 fully saturated rings. The summed E-state index contributed by atoms with van der Waals surface area (Å²) in [4.78, 5) is 29.8. The fourth-order valence-electron chi connectivity index (χ4n) is 6.20. The number of aliphatic hydroxyl groups is 3. The van der Waals surface area contributed by atoms with E-state index in [1.165, 1.54) is 7.11 Å². The molecule has 12 heteroatoms. The van der Waals surface area contributed by atoms with Crippen molar-refractivity contribution in [3.63, 3.8) is 0 Å². The maximum atomic E-state index is 13.3. The number of aliphatic hydroxyl groups excluding tert-OH is 3. The maximum Gasteiger partial charge on any atom is 0.259 e. The smallest absolute Gasteiger partial charge is 0.259 e. The number of ether oxygens (including phenoxy) is 2. The molecule has 10 nitrogen and oxygen atoms in total. The summed E-state index contributed by atoms with van der Waals surface area (Å²) in [7, 11) is 1.35. The minimum atomic E-state index is -1.51. The fourth-order valence-corrected chi connectivity index (χ4v) is 6.68. The monoisotopic (exact) mass is 569 g/mol. The number of H-pyrrole nitrogens is 1. The van der Waals surface area contributed by atoms with Gasteiger partial charge < -0.3 is 34.3 Å². The van der Waals surface area contributed by atoms with E-state index < -0.39 is 49.1 Å². The number of methoxy groups -OCH3 is 1. The van der Waals surface area contributed by atoms with Gasteiger partial charge in [-0.2, -0.15) is 0 Å². The highest BCUT2D eigenvalue weighted by Gasteiger charge is 2.47. The largest absolute Gasteiger partial charge is 0.394 e. The number of para-hydroxylation sites is 2. The molecule has 5 N–H and O–H groups in total. The first-order chi connectivity index (χ1) is 18.8. The minimum absolute atomic E-state index is 0.161. The van der Waals surface area contributed by atoms with Gasteiger partial charge in [-0.05, 0) is 12.1 Å².